The zero-order valence-electron chi connectivity index (χ0n) is 18.0. The van der Waals surface area contributed by atoms with Crippen LogP contribution in [0.4, 0.5) is 8.78 Å². The van der Waals surface area contributed by atoms with Crippen LogP contribution in [0, 0.1) is 5.82 Å². The van der Waals surface area contributed by atoms with E-state index in [1.54, 1.807) is 19.1 Å². The van der Waals surface area contributed by atoms with Gasteiger partial charge in [-0.25, -0.2) is 13.8 Å². The summed E-state index contributed by atoms with van der Waals surface area (Å²) in [7, 11) is 0. The molecule has 9 nitrogen and oxygen atoms in total. The van der Waals surface area contributed by atoms with Gasteiger partial charge in [0.2, 0.25) is 5.91 Å². The molecule has 0 aliphatic heterocycles. The second kappa shape index (κ2) is 10.6. The summed E-state index contributed by atoms with van der Waals surface area (Å²) < 4.78 is 32.9. The Kier molecular flexibility index (Phi) is 7.67. The number of hydrogen-bond donors (Lipinski definition) is 2. The number of aromatic nitrogens is 2. The highest BCUT2D eigenvalue weighted by molar-refractivity contribution is 5.93. The number of fused-ring (bicyclic) bond motifs is 1. The van der Waals surface area contributed by atoms with Crippen molar-refractivity contribution in [1.82, 2.24) is 14.9 Å². The largest absolute Gasteiger partial charge is 0.481 e. The fourth-order valence-electron chi connectivity index (χ4n) is 3.36. The third-order valence-corrected chi connectivity index (χ3v) is 5.03. The maximum absolute atomic E-state index is 13.4. The van der Waals surface area contributed by atoms with Crippen LogP contribution in [-0.2, 0) is 14.4 Å². The van der Waals surface area contributed by atoms with Crippen molar-refractivity contribution in [3.05, 3.63) is 65.0 Å². The molecular formula is C23H21F2N3O6. The van der Waals surface area contributed by atoms with Crippen LogP contribution < -0.4 is 15.6 Å². The highest BCUT2D eigenvalue weighted by atomic mass is 19.1. The van der Waals surface area contributed by atoms with E-state index < -0.39 is 54.2 Å². The first-order valence-electron chi connectivity index (χ1n) is 10.3. The van der Waals surface area contributed by atoms with E-state index in [1.165, 1.54) is 30.3 Å². The van der Waals surface area contributed by atoms with E-state index in [0.717, 1.165) is 10.9 Å². The molecule has 2 unspecified atom stereocenters. The Morgan fingerprint density at radius 3 is 2.56 bits per heavy atom. The summed E-state index contributed by atoms with van der Waals surface area (Å²) in [4.78, 5) is 52.8. The van der Waals surface area contributed by atoms with E-state index in [9.17, 15) is 28.0 Å². The molecule has 2 atom stereocenters. The maximum Gasteiger partial charge on any atom is 0.305 e. The quantitative estimate of drug-likeness (QED) is 0.463. The summed E-state index contributed by atoms with van der Waals surface area (Å²) in [5, 5.41) is 11.3. The van der Waals surface area contributed by atoms with Gasteiger partial charge in [0.05, 0.1) is 23.7 Å². The molecule has 0 aliphatic rings. The zero-order valence-corrected chi connectivity index (χ0v) is 18.0. The normalized spacial score (nSPS) is 12.7. The Morgan fingerprint density at radius 1 is 1.18 bits per heavy atom. The highest BCUT2D eigenvalue weighted by Crippen LogP contribution is 2.24. The van der Waals surface area contributed by atoms with Crippen molar-refractivity contribution in [3.63, 3.8) is 0 Å². The van der Waals surface area contributed by atoms with Crippen LogP contribution in [0.15, 0.2) is 53.6 Å². The van der Waals surface area contributed by atoms with Gasteiger partial charge < -0.3 is 15.2 Å². The average Bonchev–Trinajstić information content (AvgIpc) is 2.80. The molecule has 0 radical (unpaired) electrons. The summed E-state index contributed by atoms with van der Waals surface area (Å²) >= 11 is 0. The van der Waals surface area contributed by atoms with Gasteiger partial charge in [-0.1, -0.05) is 13.0 Å². The number of ketones is 1. The average molecular weight is 473 g/mol. The number of nitrogens with one attached hydrogen (secondary N) is 1. The lowest BCUT2D eigenvalue weighted by molar-refractivity contribution is -0.140. The van der Waals surface area contributed by atoms with Gasteiger partial charge in [0, 0.05) is 6.07 Å². The molecule has 2 N–H and O–H groups in total. The number of carbonyl (C=O) groups is 3. The van der Waals surface area contributed by atoms with Gasteiger partial charge in [-0.05, 0) is 36.8 Å². The Morgan fingerprint density at radius 2 is 1.91 bits per heavy atom. The number of carbonyl (C=O) groups excluding carboxylic acids is 2. The minimum atomic E-state index is -1.57. The van der Waals surface area contributed by atoms with Gasteiger partial charge in [0.1, 0.15) is 36.1 Å². The van der Waals surface area contributed by atoms with Gasteiger partial charge >= 0.3 is 5.97 Å². The lowest BCUT2D eigenvalue weighted by atomic mass is 10.1. The van der Waals surface area contributed by atoms with Crippen molar-refractivity contribution in [2.75, 3.05) is 6.67 Å². The van der Waals surface area contributed by atoms with E-state index in [-0.39, 0.29) is 23.3 Å². The lowest BCUT2D eigenvalue weighted by Crippen LogP contribution is -2.47. The molecule has 1 heterocycles. The van der Waals surface area contributed by atoms with Gasteiger partial charge in [-0.2, -0.15) is 0 Å². The van der Waals surface area contributed by atoms with E-state index in [1.807, 2.05) is 0 Å². The van der Waals surface area contributed by atoms with Crippen LogP contribution >= 0.6 is 0 Å². The fraction of sp³-hybridized carbons (Fsp3) is 0.261. The summed E-state index contributed by atoms with van der Waals surface area (Å²) in [5.41, 5.74) is -0.275. The number of benzene rings is 2. The predicted molar refractivity (Wildman–Crippen MR) is 117 cm³/mol. The number of alkyl halides is 1. The number of carboxylic acids is 1. The van der Waals surface area contributed by atoms with E-state index in [4.69, 9.17) is 9.84 Å². The van der Waals surface area contributed by atoms with E-state index in [2.05, 4.69) is 10.3 Å². The third-order valence-electron chi connectivity index (χ3n) is 5.03. The monoisotopic (exact) mass is 473 g/mol. The van der Waals surface area contributed by atoms with Crippen molar-refractivity contribution in [2.24, 2.45) is 0 Å². The first kappa shape index (κ1) is 24.5. The molecule has 0 aliphatic carbocycles. The highest BCUT2D eigenvalue weighted by Gasteiger charge is 2.28. The SMILES string of the molecule is CCC(C(=O)NC(CC(=O)O)C(=O)CF)n1cnc2ccc(Oc3cccc(F)c3)cc2c1=O. The molecule has 11 heteroatoms. The minimum absolute atomic E-state index is 0.0992. The van der Waals surface area contributed by atoms with Crippen molar-refractivity contribution in [1.29, 1.82) is 0 Å². The van der Waals surface area contributed by atoms with Crippen LogP contribution in [0.25, 0.3) is 10.9 Å². The topological polar surface area (TPSA) is 128 Å². The molecule has 2 aromatic carbocycles. The fourth-order valence-corrected chi connectivity index (χ4v) is 3.36. The summed E-state index contributed by atoms with van der Waals surface area (Å²) in [6.07, 6.45) is 0.466. The molecule has 3 aromatic rings. The zero-order chi connectivity index (χ0) is 24.8. The van der Waals surface area contributed by atoms with Gasteiger partial charge in [0.15, 0.2) is 5.78 Å². The van der Waals surface area contributed by atoms with E-state index >= 15 is 0 Å². The number of halogens is 2. The molecule has 178 valence electrons. The Hall–Kier alpha value is -4.15. The van der Waals surface area contributed by atoms with Crippen LogP contribution in [-0.4, -0.2) is 45.0 Å². The molecule has 0 spiro atoms. The number of carboxylic acid groups (broad SMARTS) is 1. The number of Topliss-reactive ketones (excluding diaryl/α,β-unsaturated/α-hetero) is 1. The third kappa shape index (κ3) is 5.61. The number of aliphatic carboxylic acids is 1. The van der Waals surface area contributed by atoms with Crippen molar-refractivity contribution in [3.8, 4) is 11.5 Å². The van der Waals surface area contributed by atoms with Gasteiger partial charge in [-0.15, -0.1) is 0 Å². The Bertz CT molecular complexity index is 1290. The van der Waals surface area contributed by atoms with Crippen molar-refractivity contribution >= 4 is 28.6 Å². The molecule has 0 bridgehead atoms. The van der Waals surface area contributed by atoms with Crippen LogP contribution in [0.2, 0.25) is 0 Å². The second-order valence-electron chi connectivity index (χ2n) is 7.38. The first-order valence-corrected chi connectivity index (χ1v) is 10.3. The second-order valence-corrected chi connectivity index (χ2v) is 7.38. The summed E-state index contributed by atoms with van der Waals surface area (Å²) in [5.74, 6) is -3.35. The van der Waals surface area contributed by atoms with Crippen LogP contribution in [0.5, 0.6) is 11.5 Å². The molecule has 1 aromatic heterocycles. The standard InChI is InChI=1S/C23H21F2N3O6/c1-2-19(22(32)27-18(10-21(30)31)20(29)11-24)28-12-26-17-7-6-15(9-16(17)23(28)33)34-14-5-3-4-13(25)8-14/h3-9,12,18-19H,2,10-11H2,1H3,(H,27,32)(H,30,31). The maximum atomic E-state index is 13.4. The van der Waals surface area contributed by atoms with Gasteiger partial charge in [-0.3, -0.25) is 23.7 Å². The lowest BCUT2D eigenvalue weighted by Gasteiger charge is -2.21. The molecule has 0 saturated heterocycles. The summed E-state index contributed by atoms with van der Waals surface area (Å²) in [6.45, 7) is 0.161. The molecular weight excluding hydrogens is 452 g/mol. The van der Waals surface area contributed by atoms with E-state index in [0.29, 0.717) is 5.52 Å². The molecule has 0 saturated carbocycles. The number of nitrogens with zero attached hydrogens (tertiary/aromatic N) is 2. The minimum Gasteiger partial charge on any atom is -0.481 e. The molecule has 3 rings (SSSR count). The van der Waals surface area contributed by atoms with Gasteiger partial charge in [0.25, 0.3) is 5.56 Å². The molecule has 0 fully saturated rings. The molecule has 34 heavy (non-hydrogen) atoms. The first-order chi connectivity index (χ1) is 16.2. The number of amides is 1. The Balaban J connectivity index is 1.92. The smallest absolute Gasteiger partial charge is 0.305 e. The van der Waals surface area contributed by atoms with Crippen molar-refractivity contribution < 1.29 is 33.0 Å². The predicted octanol–water partition coefficient (Wildman–Crippen LogP) is 2.78. The Labute approximate surface area is 192 Å². The molecule has 1 amide bonds. The number of hydrogen-bond acceptors (Lipinski definition) is 6. The van der Waals surface area contributed by atoms with Crippen molar-refractivity contribution in [2.45, 2.75) is 31.8 Å². The van der Waals surface area contributed by atoms with Crippen LogP contribution in [0.1, 0.15) is 25.8 Å². The number of ether oxygens (including phenoxy) is 1. The summed E-state index contributed by atoms with van der Waals surface area (Å²) in [6, 6.07) is 7.21. The van der Waals surface area contributed by atoms with Crippen LogP contribution in [0.3, 0.4) is 0 Å². The number of rotatable bonds is 10.